The Morgan fingerprint density at radius 2 is 0.848 bits per heavy atom. The molecule has 33 heavy (non-hydrogen) atoms. The first kappa shape index (κ1) is 49.6. The molecule has 0 spiro atoms. The molecule has 0 amide bonds. The first-order valence-corrected chi connectivity index (χ1v) is 21.6. The van der Waals surface area contributed by atoms with Crippen molar-refractivity contribution in [3.8, 4) is 11.5 Å². The smallest absolute Gasteiger partial charge is 0.389 e. The van der Waals surface area contributed by atoms with Crippen LogP contribution in [0.5, 0.6) is 11.5 Å². The van der Waals surface area contributed by atoms with Crippen molar-refractivity contribution in [2.24, 2.45) is 0 Å². The van der Waals surface area contributed by atoms with Gasteiger partial charge >= 0.3 is 17.1 Å². The van der Waals surface area contributed by atoms with E-state index in [1.54, 1.807) is 26.2 Å². The summed E-state index contributed by atoms with van der Waals surface area (Å²) in [5.74, 6) is 1.56. The molecule has 0 saturated carbocycles. The van der Waals surface area contributed by atoms with E-state index in [1.807, 2.05) is 24.3 Å². The van der Waals surface area contributed by atoms with E-state index < -0.39 is 33.8 Å². The van der Waals surface area contributed by atoms with Crippen LogP contribution in [0.2, 0.25) is 65.5 Å². The van der Waals surface area contributed by atoms with Crippen molar-refractivity contribution >= 4 is 33.8 Å². The lowest BCUT2D eigenvalue weighted by Crippen LogP contribution is -2.35. The molecule has 10 heteroatoms. The summed E-state index contributed by atoms with van der Waals surface area (Å²) in [6.07, 6.45) is 0. The standard InChI is InChI=1S/C11H20O3Si2.C6H18O3Si2.6CH4/c1-15(2,3)13-10-6-8-11(9-7-10)14-16(4,5)12;1-10(2,3)8-6-9-11(4,5)7;;;;;;/h6-9,12H,1-5H3;7H,6H2,1-5H3;6*1H4. The SMILES string of the molecule is C.C.C.C.C.C.C[Si](C)(C)OCO[Si](C)(C)O.C[Si](C)(C)Oc1ccc(O[Si](C)(C)O)cc1. The molecule has 0 fully saturated rings. The van der Waals surface area contributed by atoms with Gasteiger partial charge in [0, 0.05) is 0 Å². The highest BCUT2D eigenvalue weighted by atomic mass is 28.4. The third-order valence-electron chi connectivity index (χ3n) is 2.52. The third-order valence-corrected chi connectivity index (χ3v) is 5.91. The largest absolute Gasteiger partial charge is 0.544 e. The van der Waals surface area contributed by atoms with Crippen LogP contribution < -0.4 is 8.85 Å². The van der Waals surface area contributed by atoms with Crippen LogP contribution >= 0.6 is 0 Å². The van der Waals surface area contributed by atoms with Gasteiger partial charge in [0.2, 0.25) is 8.32 Å². The second-order valence-electron chi connectivity index (χ2n) is 9.20. The van der Waals surface area contributed by atoms with Gasteiger partial charge in [-0.15, -0.1) is 0 Å². The number of benzene rings is 1. The van der Waals surface area contributed by atoms with E-state index in [0.717, 1.165) is 5.75 Å². The Bertz CT molecular complexity index is 494. The lowest BCUT2D eigenvalue weighted by atomic mass is 10.3. The summed E-state index contributed by atoms with van der Waals surface area (Å²) in [7, 11) is -7.87. The summed E-state index contributed by atoms with van der Waals surface area (Å²) in [5.41, 5.74) is 0. The Hall–Kier alpha value is -0.472. The van der Waals surface area contributed by atoms with Crippen LogP contribution in [0.4, 0.5) is 0 Å². The second-order valence-corrected chi connectivity index (χ2v) is 24.4. The Labute approximate surface area is 213 Å². The Balaban J connectivity index is -0.0000000726. The summed E-state index contributed by atoms with van der Waals surface area (Å²) in [4.78, 5) is 18.9. The minimum atomic E-state index is -2.49. The third kappa shape index (κ3) is 36.3. The average Bonchev–Trinajstić information content (AvgIpc) is 2.35. The molecule has 0 saturated heterocycles. The fourth-order valence-corrected chi connectivity index (χ4v) is 4.00. The predicted molar refractivity (Wildman–Crippen MR) is 161 cm³/mol. The average molecular weight is 547 g/mol. The minimum absolute atomic E-state index is 0. The molecule has 1 aromatic carbocycles. The van der Waals surface area contributed by atoms with Crippen molar-refractivity contribution in [1.82, 2.24) is 0 Å². The van der Waals surface area contributed by atoms with Gasteiger partial charge in [0.1, 0.15) is 18.3 Å². The van der Waals surface area contributed by atoms with Gasteiger partial charge in [-0.2, -0.15) is 0 Å². The zero-order chi connectivity index (χ0) is 21.5. The molecule has 0 aliphatic rings. The molecule has 0 unspecified atom stereocenters. The summed E-state index contributed by atoms with van der Waals surface area (Å²) in [6, 6.07) is 7.43. The molecule has 0 aliphatic heterocycles. The van der Waals surface area contributed by atoms with E-state index in [1.165, 1.54) is 0 Å². The first-order chi connectivity index (χ1) is 11.9. The normalized spacial score (nSPS) is 10.5. The summed E-state index contributed by atoms with van der Waals surface area (Å²) in [6.45, 7) is 19.8. The zero-order valence-electron chi connectivity index (χ0n) is 18.5. The van der Waals surface area contributed by atoms with Crippen molar-refractivity contribution in [2.45, 2.75) is 110 Å². The fourth-order valence-electron chi connectivity index (χ4n) is 1.57. The molecule has 6 nitrogen and oxygen atoms in total. The molecule has 1 aromatic rings. The zero-order valence-corrected chi connectivity index (χ0v) is 22.5. The minimum Gasteiger partial charge on any atom is -0.544 e. The lowest BCUT2D eigenvalue weighted by Gasteiger charge is -2.21. The van der Waals surface area contributed by atoms with Crippen molar-refractivity contribution in [2.75, 3.05) is 6.79 Å². The molecular weight excluding hydrogens is 485 g/mol. The first-order valence-electron chi connectivity index (χ1n) is 9.07. The van der Waals surface area contributed by atoms with Gasteiger partial charge in [-0.3, -0.25) is 0 Å². The lowest BCUT2D eigenvalue weighted by molar-refractivity contribution is 0.0848. The summed E-state index contributed by atoms with van der Waals surface area (Å²) in [5, 5.41) is 0. The number of rotatable bonds is 8. The van der Waals surface area contributed by atoms with Crippen LogP contribution in [-0.2, 0) is 8.85 Å². The van der Waals surface area contributed by atoms with Gasteiger partial charge in [-0.05, 0) is 89.7 Å². The molecule has 0 radical (unpaired) electrons. The topological polar surface area (TPSA) is 77.4 Å². The van der Waals surface area contributed by atoms with Crippen LogP contribution in [0.25, 0.3) is 0 Å². The quantitative estimate of drug-likeness (QED) is 0.252. The van der Waals surface area contributed by atoms with Crippen LogP contribution in [0.15, 0.2) is 24.3 Å². The van der Waals surface area contributed by atoms with E-state index in [2.05, 4.69) is 39.3 Å². The van der Waals surface area contributed by atoms with Gasteiger partial charge in [0.05, 0.1) is 0 Å². The highest BCUT2D eigenvalue weighted by molar-refractivity contribution is 6.70. The molecule has 0 atom stereocenters. The summed E-state index contributed by atoms with van der Waals surface area (Å²) >= 11 is 0. The maximum atomic E-state index is 9.62. The van der Waals surface area contributed by atoms with Crippen molar-refractivity contribution in [1.29, 1.82) is 0 Å². The molecule has 0 heterocycles. The number of hydrogen-bond acceptors (Lipinski definition) is 6. The van der Waals surface area contributed by atoms with Gasteiger partial charge in [0.15, 0.2) is 8.32 Å². The maximum absolute atomic E-state index is 9.62. The molecule has 0 aromatic heterocycles. The van der Waals surface area contributed by atoms with Crippen LogP contribution in [0.1, 0.15) is 44.6 Å². The predicted octanol–water partition coefficient (Wildman–Crippen LogP) is 8.30. The van der Waals surface area contributed by atoms with Crippen molar-refractivity contribution < 1.29 is 27.3 Å². The maximum Gasteiger partial charge on any atom is 0.389 e. The van der Waals surface area contributed by atoms with Crippen LogP contribution in [0.3, 0.4) is 0 Å². The van der Waals surface area contributed by atoms with E-state index in [0.29, 0.717) is 5.75 Å². The Morgan fingerprint density at radius 1 is 0.515 bits per heavy atom. The van der Waals surface area contributed by atoms with Gasteiger partial charge in [-0.25, -0.2) is 0 Å². The van der Waals surface area contributed by atoms with Crippen LogP contribution in [0, 0.1) is 0 Å². The van der Waals surface area contributed by atoms with E-state index in [-0.39, 0.29) is 51.4 Å². The van der Waals surface area contributed by atoms with E-state index in [4.69, 9.17) is 17.7 Å². The van der Waals surface area contributed by atoms with Crippen LogP contribution in [-0.4, -0.2) is 50.1 Å². The monoisotopic (exact) mass is 546 g/mol. The molecule has 1 rings (SSSR count). The van der Waals surface area contributed by atoms with Crippen molar-refractivity contribution in [3.63, 3.8) is 0 Å². The molecular formula is C23H62O6Si4. The fraction of sp³-hybridized carbons (Fsp3) is 0.739. The van der Waals surface area contributed by atoms with Gasteiger partial charge < -0.3 is 27.3 Å². The second kappa shape index (κ2) is 19.8. The molecule has 2 N–H and O–H groups in total. The van der Waals surface area contributed by atoms with Crippen molar-refractivity contribution in [3.05, 3.63) is 24.3 Å². The molecule has 0 aliphatic carbocycles. The van der Waals surface area contributed by atoms with Gasteiger partial charge in [-0.1, -0.05) is 44.6 Å². The molecule has 0 bridgehead atoms. The Kier molecular flexibility index (Phi) is 29.8. The summed E-state index contributed by atoms with van der Waals surface area (Å²) < 4.78 is 21.8. The number of hydrogen-bond donors (Lipinski definition) is 2. The molecule has 206 valence electrons. The van der Waals surface area contributed by atoms with Gasteiger partial charge in [0.25, 0.3) is 0 Å². The Morgan fingerprint density at radius 3 is 1.09 bits per heavy atom. The highest BCUT2D eigenvalue weighted by Crippen LogP contribution is 2.22. The van der Waals surface area contributed by atoms with E-state index in [9.17, 15) is 9.59 Å². The highest BCUT2D eigenvalue weighted by Gasteiger charge is 2.22. The van der Waals surface area contributed by atoms with E-state index >= 15 is 0 Å².